The van der Waals surface area contributed by atoms with Gasteiger partial charge in [-0.2, -0.15) is 0 Å². The highest BCUT2D eigenvalue weighted by atomic mass is 31.2. The van der Waals surface area contributed by atoms with E-state index in [0.29, 0.717) is 25.7 Å². The number of phosphoric acid groups is 2. The van der Waals surface area contributed by atoms with Crippen LogP contribution in [0.5, 0.6) is 0 Å². The first-order valence-electron chi connectivity index (χ1n) is 39.6. The normalized spacial score (nSPS) is 13.9. The highest BCUT2D eigenvalue weighted by Gasteiger charge is 2.30. The summed E-state index contributed by atoms with van der Waals surface area (Å²) in [5.41, 5.74) is 0. The molecule has 0 aliphatic rings. The Labute approximate surface area is 581 Å². The molecule has 0 amide bonds. The minimum Gasteiger partial charge on any atom is -0.462 e. The van der Waals surface area contributed by atoms with E-state index in [1.54, 1.807) is 0 Å². The third kappa shape index (κ3) is 70.3. The second kappa shape index (κ2) is 69.2. The van der Waals surface area contributed by atoms with Crippen LogP contribution in [0.15, 0.2) is 0 Å². The highest BCUT2D eigenvalue weighted by Crippen LogP contribution is 2.45. The standard InChI is InChI=1S/C76H148O17P2/c1-6-9-12-15-17-19-21-22-23-24-25-26-27-28-31-35-39-43-47-52-57-62-76(81)93-72(66-87-74(79)60-55-50-45-41-38-34-32-29-30-33-37-40-44-49-53-58-69(4)5)68-91-95(84,85)89-64-70(77)63-88-94(82,83)90-67-71(65-86-73(78)59-54-48-14-11-8-3)92-75(80)61-56-51-46-42-36-20-18-16-13-10-7-2/h69-72,77H,6-68H2,1-5H3,(H,82,83)(H,84,85)/t70-,71+,72+/m0/s1. The summed E-state index contributed by atoms with van der Waals surface area (Å²) >= 11 is 0. The minimum absolute atomic E-state index is 0.106. The van der Waals surface area contributed by atoms with Gasteiger partial charge in [0.25, 0.3) is 0 Å². The molecule has 2 unspecified atom stereocenters. The van der Waals surface area contributed by atoms with Crippen molar-refractivity contribution >= 4 is 39.5 Å². The van der Waals surface area contributed by atoms with Gasteiger partial charge in [-0.25, -0.2) is 9.13 Å². The lowest BCUT2D eigenvalue weighted by Gasteiger charge is -2.21. The molecule has 95 heavy (non-hydrogen) atoms. The summed E-state index contributed by atoms with van der Waals surface area (Å²) in [6.07, 6.45) is 58.8. The van der Waals surface area contributed by atoms with Crippen LogP contribution < -0.4 is 0 Å². The van der Waals surface area contributed by atoms with E-state index in [1.165, 1.54) is 218 Å². The average Bonchev–Trinajstić information content (AvgIpc) is 1.54. The first-order valence-corrected chi connectivity index (χ1v) is 42.6. The van der Waals surface area contributed by atoms with Crippen LogP contribution in [0.2, 0.25) is 0 Å². The maximum atomic E-state index is 13.1. The lowest BCUT2D eigenvalue weighted by Crippen LogP contribution is -2.30. The van der Waals surface area contributed by atoms with Crippen molar-refractivity contribution in [2.24, 2.45) is 5.92 Å². The molecule has 0 rings (SSSR count). The van der Waals surface area contributed by atoms with E-state index >= 15 is 0 Å². The van der Waals surface area contributed by atoms with Crippen molar-refractivity contribution in [3.05, 3.63) is 0 Å². The van der Waals surface area contributed by atoms with Crippen molar-refractivity contribution in [2.75, 3.05) is 39.6 Å². The van der Waals surface area contributed by atoms with Gasteiger partial charge in [0.2, 0.25) is 0 Å². The van der Waals surface area contributed by atoms with E-state index in [9.17, 15) is 43.2 Å². The van der Waals surface area contributed by atoms with Gasteiger partial charge in [0.1, 0.15) is 19.3 Å². The predicted octanol–water partition coefficient (Wildman–Crippen LogP) is 22.5. The molecule has 564 valence electrons. The molecule has 19 heteroatoms. The second-order valence-corrected chi connectivity index (χ2v) is 30.8. The van der Waals surface area contributed by atoms with Crippen molar-refractivity contribution in [3.63, 3.8) is 0 Å². The number of hydrogen-bond donors (Lipinski definition) is 3. The molecule has 0 spiro atoms. The number of esters is 4. The number of rotatable bonds is 76. The Hall–Kier alpha value is -1.94. The lowest BCUT2D eigenvalue weighted by atomic mass is 10.0. The maximum Gasteiger partial charge on any atom is 0.472 e. The van der Waals surface area contributed by atoms with Crippen molar-refractivity contribution in [1.82, 2.24) is 0 Å². The summed E-state index contributed by atoms with van der Waals surface area (Å²) < 4.78 is 68.3. The highest BCUT2D eigenvalue weighted by molar-refractivity contribution is 7.47. The quantitative estimate of drug-likeness (QED) is 0.0222. The van der Waals surface area contributed by atoms with Gasteiger partial charge in [0.15, 0.2) is 12.2 Å². The Morgan fingerprint density at radius 1 is 0.284 bits per heavy atom. The zero-order chi connectivity index (χ0) is 69.8. The predicted molar refractivity (Wildman–Crippen MR) is 386 cm³/mol. The smallest absolute Gasteiger partial charge is 0.462 e. The molecule has 0 aromatic carbocycles. The van der Waals surface area contributed by atoms with Crippen molar-refractivity contribution in [3.8, 4) is 0 Å². The van der Waals surface area contributed by atoms with E-state index in [0.717, 1.165) is 102 Å². The molecule has 3 N–H and O–H groups in total. The summed E-state index contributed by atoms with van der Waals surface area (Å²) in [7, 11) is -9.90. The number of ether oxygens (including phenoxy) is 4. The van der Waals surface area contributed by atoms with Crippen LogP contribution in [0.3, 0.4) is 0 Å². The molecule has 0 radical (unpaired) electrons. The van der Waals surface area contributed by atoms with Crippen molar-refractivity contribution < 1.29 is 80.2 Å². The van der Waals surface area contributed by atoms with Gasteiger partial charge in [-0.3, -0.25) is 37.3 Å². The summed E-state index contributed by atoms with van der Waals surface area (Å²) in [6, 6.07) is 0. The third-order valence-electron chi connectivity index (χ3n) is 17.8. The molecule has 17 nitrogen and oxygen atoms in total. The second-order valence-electron chi connectivity index (χ2n) is 27.9. The Morgan fingerprint density at radius 2 is 0.484 bits per heavy atom. The van der Waals surface area contributed by atoms with E-state index in [-0.39, 0.29) is 25.7 Å². The molecule has 0 saturated carbocycles. The van der Waals surface area contributed by atoms with Crippen LogP contribution in [0.25, 0.3) is 0 Å². The molecule has 0 aromatic rings. The van der Waals surface area contributed by atoms with E-state index in [2.05, 4.69) is 34.6 Å². The number of unbranched alkanes of at least 4 members (excludes halogenated alkanes) is 48. The molecular weight excluding hydrogens is 1250 g/mol. The van der Waals surface area contributed by atoms with E-state index < -0.39 is 97.5 Å². The fourth-order valence-corrected chi connectivity index (χ4v) is 13.3. The Morgan fingerprint density at radius 3 is 0.716 bits per heavy atom. The van der Waals surface area contributed by atoms with Crippen LogP contribution in [-0.4, -0.2) is 96.7 Å². The Kier molecular flexibility index (Phi) is 67.7. The van der Waals surface area contributed by atoms with E-state index in [1.807, 2.05) is 0 Å². The van der Waals surface area contributed by atoms with E-state index in [4.69, 9.17) is 37.0 Å². The lowest BCUT2D eigenvalue weighted by molar-refractivity contribution is -0.161. The summed E-state index contributed by atoms with van der Waals surface area (Å²) in [5.74, 6) is -1.32. The summed E-state index contributed by atoms with van der Waals surface area (Å²) in [4.78, 5) is 72.5. The molecule has 0 fully saturated rings. The number of carbonyl (C=O) groups excluding carboxylic acids is 4. The fraction of sp³-hybridized carbons (Fsp3) is 0.947. The largest absolute Gasteiger partial charge is 0.472 e. The molecule has 5 atom stereocenters. The topological polar surface area (TPSA) is 237 Å². The van der Waals surface area contributed by atoms with Gasteiger partial charge in [0.05, 0.1) is 26.4 Å². The number of aliphatic hydroxyl groups excluding tert-OH is 1. The molecule has 0 saturated heterocycles. The Bertz CT molecular complexity index is 1820. The molecule has 0 aliphatic heterocycles. The first-order chi connectivity index (χ1) is 46.0. The SMILES string of the molecule is CCCCCCCCCCCCCCCCCCCCCCCC(=O)O[C@H](COC(=O)CCCCCCCCCCCCCCCCCC(C)C)COP(=O)(O)OC[C@@H](O)COP(=O)(O)OC[C@@H](COC(=O)CCCCCCC)OC(=O)CCCCCCCCCCCCC. The summed E-state index contributed by atoms with van der Waals surface area (Å²) in [5, 5.41) is 10.6. The number of aliphatic hydroxyl groups is 1. The van der Waals surface area contributed by atoms with Gasteiger partial charge in [-0.15, -0.1) is 0 Å². The molecule has 0 bridgehead atoms. The number of hydrogen-bond acceptors (Lipinski definition) is 15. The van der Waals surface area contributed by atoms with Gasteiger partial charge in [0, 0.05) is 25.7 Å². The van der Waals surface area contributed by atoms with Gasteiger partial charge in [-0.1, -0.05) is 349 Å². The number of carbonyl (C=O) groups is 4. The van der Waals surface area contributed by atoms with Gasteiger partial charge < -0.3 is 33.8 Å². The first kappa shape index (κ1) is 93.1. The van der Waals surface area contributed by atoms with Crippen LogP contribution in [0, 0.1) is 5.92 Å². The minimum atomic E-state index is -4.95. The molecular formula is C76H148O17P2. The van der Waals surface area contributed by atoms with Crippen LogP contribution in [-0.2, 0) is 65.4 Å². The fourth-order valence-electron chi connectivity index (χ4n) is 11.7. The zero-order valence-corrected chi connectivity index (χ0v) is 63.6. The third-order valence-corrected chi connectivity index (χ3v) is 19.7. The Balaban J connectivity index is 5.11. The molecule has 0 aromatic heterocycles. The average molecular weight is 1400 g/mol. The van der Waals surface area contributed by atoms with Crippen molar-refractivity contribution in [2.45, 2.75) is 419 Å². The monoisotopic (exact) mass is 1400 g/mol. The number of phosphoric ester groups is 2. The van der Waals surface area contributed by atoms with Gasteiger partial charge >= 0.3 is 39.5 Å². The molecule has 0 heterocycles. The molecule has 0 aliphatic carbocycles. The van der Waals surface area contributed by atoms with Crippen LogP contribution in [0.4, 0.5) is 0 Å². The summed E-state index contributed by atoms with van der Waals surface area (Å²) in [6.45, 7) is 7.22. The van der Waals surface area contributed by atoms with Crippen LogP contribution in [0.1, 0.15) is 401 Å². The maximum absolute atomic E-state index is 13.1. The zero-order valence-electron chi connectivity index (χ0n) is 61.8. The van der Waals surface area contributed by atoms with Gasteiger partial charge in [-0.05, 0) is 31.6 Å². The van der Waals surface area contributed by atoms with Crippen molar-refractivity contribution in [1.29, 1.82) is 0 Å². The van der Waals surface area contributed by atoms with Crippen LogP contribution >= 0.6 is 15.6 Å².